The number of benzene rings is 1. The molecule has 0 aliphatic carbocycles. The zero-order valence-electron chi connectivity index (χ0n) is 15.3. The Bertz CT molecular complexity index is 727. The fraction of sp³-hybridized carbons (Fsp3) is 0.500. The van der Waals surface area contributed by atoms with Gasteiger partial charge in [-0.2, -0.15) is 23.5 Å². The first-order valence-corrected chi connectivity index (χ1v) is 12.7. The number of nitrogens with zero attached hydrogens (tertiary/aromatic N) is 2. The lowest BCUT2D eigenvalue weighted by molar-refractivity contribution is -0.121. The number of nitrogens with one attached hydrogen (secondary N) is 1. The average Bonchev–Trinajstić information content (AvgIpc) is 3.11. The molecule has 1 aromatic heterocycles. The maximum absolute atomic E-state index is 12.8. The Morgan fingerprint density at radius 3 is 2.63 bits per heavy atom. The molecule has 2 fully saturated rings. The molecule has 2 aliphatic rings. The number of hydrogen-bond donors (Lipinski definition) is 1. The van der Waals surface area contributed by atoms with E-state index >= 15 is 0 Å². The molecule has 0 bridgehead atoms. The first-order valence-electron chi connectivity index (χ1n) is 9.48. The molecule has 7 heteroatoms. The highest BCUT2D eigenvalue weighted by Crippen LogP contribution is 2.26. The van der Waals surface area contributed by atoms with E-state index in [2.05, 4.69) is 38.7 Å². The van der Waals surface area contributed by atoms with Gasteiger partial charge in [-0.05, 0) is 31.5 Å². The van der Waals surface area contributed by atoms with Crippen LogP contribution in [-0.4, -0.2) is 57.9 Å². The van der Waals surface area contributed by atoms with Gasteiger partial charge in [0.2, 0.25) is 5.91 Å². The van der Waals surface area contributed by atoms with Crippen LogP contribution in [0.4, 0.5) is 5.69 Å². The molecule has 3 heterocycles. The Morgan fingerprint density at radius 2 is 1.93 bits per heavy atom. The summed E-state index contributed by atoms with van der Waals surface area (Å²) in [5, 5.41) is 5.16. The largest absolute Gasteiger partial charge is 0.326 e. The summed E-state index contributed by atoms with van der Waals surface area (Å²) in [4.78, 5) is 19.7. The van der Waals surface area contributed by atoms with Crippen LogP contribution in [-0.2, 0) is 4.79 Å². The Labute approximate surface area is 173 Å². The second-order valence-electron chi connectivity index (χ2n) is 7.08. The molecule has 1 atom stereocenters. The van der Waals surface area contributed by atoms with Gasteiger partial charge < -0.3 is 5.32 Å². The highest BCUT2D eigenvalue weighted by Gasteiger charge is 2.30. The van der Waals surface area contributed by atoms with Crippen LogP contribution in [0, 0.1) is 5.92 Å². The lowest BCUT2D eigenvalue weighted by atomic mass is 9.96. The Morgan fingerprint density at radius 1 is 1.15 bits per heavy atom. The number of amides is 1. The normalized spacial score (nSPS) is 22.3. The van der Waals surface area contributed by atoms with Crippen molar-refractivity contribution in [2.45, 2.75) is 18.9 Å². The number of piperidine rings is 1. The second-order valence-corrected chi connectivity index (χ2v) is 10.1. The number of hydrogen-bond acceptors (Lipinski definition) is 6. The van der Waals surface area contributed by atoms with Gasteiger partial charge in [0.25, 0.3) is 0 Å². The average molecular weight is 420 g/mol. The van der Waals surface area contributed by atoms with Crippen molar-refractivity contribution >= 4 is 46.5 Å². The van der Waals surface area contributed by atoms with Crippen LogP contribution in [0.2, 0.25) is 0 Å². The number of likely N-dealkylation sites (tertiary alicyclic amines) is 1. The summed E-state index contributed by atoms with van der Waals surface area (Å²) in [7, 11) is 0. The molecule has 4 nitrogen and oxygen atoms in total. The van der Waals surface area contributed by atoms with Crippen molar-refractivity contribution in [1.29, 1.82) is 0 Å². The minimum absolute atomic E-state index is 0.0928. The molecular formula is C20H25N3OS3. The van der Waals surface area contributed by atoms with Crippen LogP contribution in [0.3, 0.4) is 0 Å². The quantitative estimate of drug-likeness (QED) is 0.800. The van der Waals surface area contributed by atoms with Gasteiger partial charge in [0, 0.05) is 52.2 Å². The summed E-state index contributed by atoms with van der Waals surface area (Å²) in [6, 6.07) is 8.63. The Balaban J connectivity index is 1.34. The summed E-state index contributed by atoms with van der Waals surface area (Å²) in [5.41, 5.74) is 4.78. The van der Waals surface area contributed by atoms with E-state index in [4.69, 9.17) is 0 Å². The number of thiazole rings is 1. The summed E-state index contributed by atoms with van der Waals surface area (Å²) < 4.78 is 0. The van der Waals surface area contributed by atoms with E-state index in [9.17, 15) is 4.79 Å². The molecule has 2 aliphatic heterocycles. The van der Waals surface area contributed by atoms with Crippen molar-refractivity contribution in [1.82, 2.24) is 9.88 Å². The van der Waals surface area contributed by atoms with Crippen molar-refractivity contribution in [2.75, 3.05) is 41.4 Å². The molecule has 0 radical (unpaired) electrons. The Kier molecular flexibility index (Phi) is 6.76. The molecular weight excluding hydrogens is 394 g/mol. The van der Waals surface area contributed by atoms with Crippen molar-refractivity contribution in [3.05, 3.63) is 35.2 Å². The van der Waals surface area contributed by atoms with Gasteiger partial charge >= 0.3 is 0 Å². The first kappa shape index (κ1) is 19.3. The molecule has 144 valence electrons. The highest BCUT2D eigenvalue weighted by atomic mass is 32.2. The lowest BCUT2D eigenvalue weighted by Gasteiger charge is -2.37. The van der Waals surface area contributed by atoms with Crippen LogP contribution in [0.1, 0.15) is 12.8 Å². The number of thioether (sulfide) groups is 2. The smallest absolute Gasteiger partial charge is 0.228 e. The van der Waals surface area contributed by atoms with Gasteiger partial charge in [-0.25, -0.2) is 4.98 Å². The highest BCUT2D eigenvalue weighted by molar-refractivity contribution is 8.03. The van der Waals surface area contributed by atoms with Crippen LogP contribution in [0.5, 0.6) is 0 Å². The fourth-order valence-electron chi connectivity index (χ4n) is 3.69. The minimum Gasteiger partial charge on any atom is -0.326 e. The number of anilines is 1. The standard InChI is InChI=1S/C20H25N3OS3/c24-20(22-17-5-3-15(4-6-17)19-13-27-14-21-19)16-2-1-7-23(10-16)18-11-25-8-9-26-12-18/h3-6,13-14,16,18H,1-2,7-12H2,(H,22,24). The zero-order valence-corrected chi connectivity index (χ0v) is 17.8. The molecule has 0 spiro atoms. The third-order valence-corrected chi connectivity index (χ3v) is 8.28. The monoisotopic (exact) mass is 419 g/mol. The van der Waals surface area contributed by atoms with E-state index in [1.807, 2.05) is 35.2 Å². The van der Waals surface area contributed by atoms with Gasteiger partial charge in [-0.3, -0.25) is 9.69 Å². The topological polar surface area (TPSA) is 45.2 Å². The van der Waals surface area contributed by atoms with Gasteiger partial charge in [0.05, 0.1) is 17.1 Å². The number of carbonyl (C=O) groups excluding carboxylic acids is 1. The van der Waals surface area contributed by atoms with Gasteiger partial charge in [0.15, 0.2) is 0 Å². The summed E-state index contributed by atoms with van der Waals surface area (Å²) in [6.07, 6.45) is 2.11. The molecule has 1 N–H and O–H groups in total. The first-order chi connectivity index (χ1) is 13.3. The molecule has 4 rings (SSSR count). The molecule has 2 saturated heterocycles. The second kappa shape index (κ2) is 9.45. The summed E-state index contributed by atoms with van der Waals surface area (Å²) in [6.45, 7) is 2.03. The molecule has 0 saturated carbocycles. The summed E-state index contributed by atoms with van der Waals surface area (Å²) in [5.74, 6) is 5.19. The van der Waals surface area contributed by atoms with Crippen molar-refractivity contribution in [3.63, 3.8) is 0 Å². The van der Waals surface area contributed by atoms with Crippen molar-refractivity contribution in [2.24, 2.45) is 5.92 Å². The fourth-order valence-corrected chi connectivity index (χ4v) is 6.88. The van der Waals surface area contributed by atoms with Gasteiger partial charge in [-0.15, -0.1) is 11.3 Å². The SMILES string of the molecule is O=C(Nc1ccc(-c2cscn2)cc1)C1CCCN(C2CSCCSC2)C1. The van der Waals surface area contributed by atoms with E-state index in [0.29, 0.717) is 6.04 Å². The molecule has 27 heavy (non-hydrogen) atoms. The molecule has 2 aromatic rings. The molecule has 1 unspecified atom stereocenters. The predicted octanol–water partition coefficient (Wildman–Crippen LogP) is 4.31. The number of aromatic nitrogens is 1. The van der Waals surface area contributed by atoms with Crippen LogP contribution >= 0.6 is 34.9 Å². The van der Waals surface area contributed by atoms with E-state index in [1.54, 1.807) is 11.3 Å². The maximum atomic E-state index is 12.8. The van der Waals surface area contributed by atoms with Gasteiger partial charge in [0.1, 0.15) is 0 Å². The minimum atomic E-state index is 0.0928. The van der Waals surface area contributed by atoms with E-state index in [1.165, 1.54) is 23.0 Å². The lowest BCUT2D eigenvalue weighted by Crippen LogP contribution is -2.47. The van der Waals surface area contributed by atoms with E-state index < -0.39 is 0 Å². The Hall–Kier alpha value is -1.02. The molecule has 1 amide bonds. The van der Waals surface area contributed by atoms with Crippen molar-refractivity contribution in [3.8, 4) is 11.3 Å². The van der Waals surface area contributed by atoms with Crippen molar-refractivity contribution < 1.29 is 4.79 Å². The van der Waals surface area contributed by atoms with Gasteiger partial charge in [-0.1, -0.05) is 12.1 Å². The number of rotatable bonds is 4. The predicted molar refractivity (Wildman–Crippen MR) is 119 cm³/mol. The van der Waals surface area contributed by atoms with Crippen LogP contribution in [0.15, 0.2) is 35.2 Å². The zero-order chi connectivity index (χ0) is 18.5. The third kappa shape index (κ3) is 5.08. The maximum Gasteiger partial charge on any atom is 0.228 e. The van der Waals surface area contributed by atoms with E-state index in [-0.39, 0.29) is 11.8 Å². The molecule has 1 aromatic carbocycles. The van der Waals surface area contributed by atoms with E-state index in [0.717, 1.165) is 42.9 Å². The number of carbonyl (C=O) groups is 1. The summed E-state index contributed by atoms with van der Waals surface area (Å²) >= 11 is 5.72. The third-order valence-electron chi connectivity index (χ3n) is 5.21. The van der Waals surface area contributed by atoms with Crippen LogP contribution in [0.25, 0.3) is 11.3 Å². The van der Waals surface area contributed by atoms with Crippen LogP contribution < -0.4 is 5.32 Å².